The number of fused-ring (bicyclic) bond motifs is 2. The van der Waals surface area contributed by atoms with E-state index in [2.05, 4.69) is 27.8 Å². The molecule has 3 aromatic rings. The first-order valence-corrected chi connectivity index (χ1v) is 12.1. The van der Waals surface area contributed by atoms with Crippen molar-refractivity contribution in [2.24, 2.45) is 0 Å². The summed E-state index contributed by atoms with van der Waals surface area (Å²) < 4.78 is 10.5. The minimum atomic E-state index is 0.00464. The van der Waals surface area contributed by atoms with Crippen molar-refractivity contribution < 1.29 is 19.4 Å². The summed E-state index contributed by atoms with van der Waals surface area (Å²) in [4.78, 5) is 17.8. The lowest BCUT2D eigenvalue weighted by atomic mass is 9.99. The highest BCUT2D eigenvalue weighted by Crippen LogP contribution is 2.35. The van der Waals surface area contributed by atoms with Crippen LogP contribution in [0.1, 0.15) is 46.3 Å². The first kappa shape index (κ1) is 24.7. The number of unbranched alkanes of at least 4 members (excludes halogenated alkanes) is 2. The molecule has 184 valence electrons. The molecule has 2 aromatic carbocycles. The largest absolute Gasteiger partial charge is 0.508 e. The highest BCUT2D eigenvalue weighted by molar-refractivity contribution is 6.09. The van der Waals surface area contributed by atoms with Crippen molar-refractivity contribution in [1.82, 2.24) is 4.98 Å². The van der Waals surface area contributed by atoms with E-state index in [1.807, 2.05) is 19.1 Å². The lowest BCUT2D eigenvalue weighted by molar-refractivity contribution is 0.0686. The molecule has 0 unspecified atom stereocenters. The predicted molar refractivity (Wildman–Crippen MR) is 138 cm³/mol. The number of pyridine rings is 1. The molecule has 0 saturated heterocycles. The van der Waals surface area contributed by atoms with Crippen LogP contribution in [0.15, 0.2) is 48.7 Å². The van der Waals surface area contributed by atoms with Crippen molar-refractivity contribution in [3.05, 3.63) is 70.9 Å². The molecule has 1 aliphatic rings. The quantitative estimate of drug-likeness (QED) is 0.307. The van der Waals surface area contributed by atoms with Gasteiger partial charge in [-0.2, -0.15) is 0 Å². The molecule has 35 heavy (non-hydrogen) atoms. The van der Waals surface area contributed by atoms with Crippen LogP contribution in [0.2, 0.25) is 0 Å². The number of carbonyl (C=O) groups is 1. The number of aromatic nitrogens is 1. The number of nitrogens with one attached hydrogen (secondary N) is 2. The second-order valence-electron chi connectivity index (χ2n) is 8.84. The Bertz CT molecular complexity index is 1180. The number of aryl methyl sites for hydroxylation is 2. The molecule has 7 heteroatoms. The van der Waals surface area contributed by atoms with Gasteiger partial charge in [-0.15, -0.1) is 0 Å². The van der Waals surface area contributed by atoms with Gasteiger partial charge < -0.3 is 25.2 Å². The first-order valence-electron chi connectivity index (χ1n) is 12.1. The van der Waals surface area contributed by atoms with Crippen LogP contribution in [-0.2, 0) is 22.3 Å². The van der Waals surface area contributed by atoms with Crippen LogP contribution >= 0.6 is 0 Å². The summed E-state index contributed by atoms with van der Waals surface area (Å²) in [7, 11) is 1.68. The molecule has 0 saturated carbocycles. The topological polar surface area (TPSA) is 92.7 Å². The zero-order valence-corrected chi connectivity index (χ0v) is 20.4. The van der Waals surface area contributed by atoms with Gasteiger partial charge >= 0.3 is 0 Å². The number of rotatable bonds is 11. The van der Waals surface area contributed by atoms with Gasteiger partial charge in [0.15, 0.2) is 5.78 Å². The Hall–Kier alpha value is -3.42. The van der Waals surface area contributed by atoms with Gasteiger partial charge in [0.05, 0.1) is 24.5 Å². The third kappa shape index (κ3) is 6.38. The molecule has 4 rings (SSSR count). The van der Waals surface area contributed by atoms with E-state index < -0.39 is 0 Å². The number of hydrogen-bond donors (Lipinski definition) is 3. The number of nitrogens with zero attached hydrogens (tertiary/aromatic N) is 1. The Balaban J connectivity index is 1.43. The summed E-state index contributed by atoms with van der Waals surface area (Å²) in [6, 6.07) is 13.2. The van der Waals surface area contributed by atoms with Crippen molar-refractivity contribution in [2.45, 2.75) is 39.0 Å². The average molecular weight is 476 g/mol. The summed E-state index contributed by atoms with van der Waals surface area (Å²) in [5.74, 6) is 0.712. The molecular formula is C28H33N3O4. The van der Waals surface area contributed by atoms with Gasteiger partial charge in [-0.25, -0.2) is 4.98 Å². The number of carbonyl (C=O) groups excluding carboxylic acids is 1. The van der Waals surface area contributed by atoms with E-state index in [0.29, 0.717) is 36.7 Å². The number of aromatic hydroxyl groups is 1. The average Bonchev–Trinajstić information content (AvgIpc) is 2.99. The highest BCUT2D eigenvalue weighted by Gasteiger charge is 2.24. The van der Waals surface area contributed by atoms with Crippen LogP contribution < -0.4 is 10.6 Å². The van der Waals surface area contributed by atoms with Gasteiger partial charge in [0.25, 0.3) is 0 Å². The van der Waals surface area contributed by atoms with E-state index >= 15 is 0 Å². The lowest BCUT2D eigenvalue weighted by Gasteiger charge is -2.15. The molecule has 0 amide bonds. The Kier molecular flexibility index (Phi) is 8.34. The molecule has 0 aliphatic carbocycles. The molecule has 0 bridgehead atoms. The minimum absolute atomic E-state index is 0.00464. The number of phenols is 1. The Morgan fingerprint density at radius 1 is 1.03 bits per heavy atom. The van der Waals surface area contributed by atoms with Gasteiger partial charge in [-0.3, -0.25) is 4.79 Å². The molecule has 1 aromatic heterocycles. The molecule has 0 atom stereocenters. The summed E-state index contributed by atoms with van der Waals surface area (Å²) in [5, 5.41) is 16.6. The van der Waals surface area contributed by atoms with Gasteiger partial charge in [-0.05, 0) is 61.1 Å². The Morgan fingerprint density at radius 3 is 2.77 bits per heavy atom. The second-order valence-corrected chi connectivity index (χ2v) is 8.84. The number of anilines is 4. The fraction of sp³-hybridized carbons (Fsp3) is 0.357. The van der Waals surface area contributed by atoms with Crippen LogP contribution in [0.4, 0.5) is 22.9 Å². The zero-order valence-electron chi connectivity index (χ0n) is 20.4. The third-order valence-electron chi connectivity index (χ3n) is 6.18. The lowest BCUT2D eigenvalue weighted by Crippen LogP contribution is -2.08. The van der Waals surface area contributed by atoms with Gasteiger partial charge in [-0.1, -0.05) is 24.6 Å². The van der Waals surface area contributed by atoms with Crippen molar-refractivity contribution in [1.29, 1.82) is 0 Å². The van der Waals surface area contributed by atoms with Gasteiger partial charge in [0, 0.05) is 43.8 Å². The number of ketones is 1. The highest BCUT2D eigenvalue weighted by atomic mass is 16.5. The maximum atomic E-state index is 13.4. The van der Waals surface area contributed by atoms with Crippen molar-refractivity contribution in [3.8, 4) is 5.75 Å². The number of benzene rings is 2. The summed E-state index contributed by atoms with van der Waals surface area (Å²) >= 11 is 0. The third-order valence-corrected chi connectivity index (χ3v) is 6.18. The maximum absolute atomic E-state index is 13.4. The van der Waals surface area contributed by atoms with Gasteiger partial charge in [0.2, 0.25) is 0 Å². The molecular weight excluding hydrogens is 442 g/mol. The molecule has 7 nitrogen and oxygen atoms in total. The molecule has 3 N–H and O–H groups in total. The normalized spacial score (nSPS) is 12.5. The summed E-state index contributed by atoms with van der Waals surface area (Å²) in [5.41, 5.74) is 6.03. The molecule has 2 heterocycles. The second kappa shape index (κ2) is 11.8. The summed E-state index contributed by atoms with van der Waals surface area (Å²) in [6.45, 7) is 3.99. The molecule has 0 spiro atoms. The van der Waals surface area contributed by atoms with Crippen LogP contribution in [0, 0.1) is 6.92 Å². The monoisotopic (exact) mass is 475 g/mol. The minimum Gasteiger partial charge on any atom is -0.508 e. The smallest absolute Gasteiger partial charge is 0.173 e. The zero-order chi connectivity index (χ0) is 24.6. The Labute approximate surface area is 206 Å². The van der Waals surface area contributed by atoms with Crippen molar-refractivity contribution in [2.75, 3.05) is 37.6 Å². The van der Waals surface area contributed by atoms with Crippen molar-refractivity contribution >= 4 is 28.7 Å². The van der Waals surface area contributed by atoms with E-state index in [0.717, 1.165) is 54.8 Å². The van der Waals surface area contributed by atoms with E-state index in [1.165, 1.54) is 5.56 Å². The first-order chi connectivity index (χ1) is 17.0. The van der Waals surface area contributed by atoms with Gasteiger partial charge in [0.1, 0.15) is 11.6 Å². The number of ether oxygens (including phenoxy) is 2. The fourth-order valence-corrected chi connectivity index (χ4v) is 4.25. The molecule has 0 radical (unpaired) electrons. The van der Waals surface area contributed by atoms with E-state index in [1.54, 1.807) is 31.5 Å². The summed E-state index contributed by atoms with van der Waals surface area (Å²) in [6.07, 6.45) is 6.15. The molecule has 1 aliphatic heterocycles. The van der Waals surface area contributed by atoms with E-state index in [9.17, 15) is 9.90 Å². The number of Topliss-reactive ketones (excluding diaryl/α,β-unsaturated/α-hetero) is 1. The number of hydrogen-bond acceptors (Lipinski definition) is 7. The van der Waals surface area contributed by atoms with Crippen molar-refractivity contribution in [3.63, 3.8) is 0 Å². The predicted octanol–water partition coefficient (Wildman–Crippen LogP) is 5.70. The Morgan fingerprint density at radius 2 is 1.91 bits per heavy atom. The SMILES string of the molecule is COCCOCCCCCc1ccc2c(c1)CC(=O)c1c(Nc3cc(O)ccc3C)ccnc1N2. The molecule has 0 fully saturated rings. The van der Waals surface area contributed by atoms with E-state index in [4.69, 9.17) is 9.47 Å². The fourth-order valence-electron chi connectivity index (χ4n) is 4.25. The van der Waals surface area contributed by atoms with Crippen LogP contribution in [0.5, 0.6) is 5.75 Å². The van der Waals surface area contributed by atoms with Crippen LogP contribution in [-0.4, -0.2) is 42.8 Å². The number of phenolic OH excluding ortho intramolecular Hbond substituents is 1. The van der Waals surface area contributed by atoms with Crippen LogP contribution in [0.25, 0.3) is 0 Å². The van der Waals surface area contributed by atoms with Crippen LogP contribution in [0.3, 0.4) is 0 Å². The number of methoxy groups -OCH3 is 1. The van der Waals surface area contributed by atoms with E-state index in [-0.39, 0.29) is 11.5 Å². The standard InChI is InChI=1S/C28H33N3O4/c1-19-7-9-22(32)18-25(19)30-24-11-12-29-28-27(24)26(33)17-21-16-20(8-10-23(21)31-28)6-4-3-5-13-35-15-14-34-2/h7-12,16,18,32H,3-6,13-15,17H2,1-2H3,(H2,29,30,31). The maximum Gasteiger partial charge on any atom is 0.173 e.